The summed E-state index contributed by atoms with van der Waals surface area (Å²) >= 11 is 0. The van der Waals surface area contributed by atoms with Crippen LogP contribution in [0.25, 0.3) is 0 Å². The molecule has 2 fully saturated rings. The predicted molar refractivity (Wildman–Crippen MR) is 285 cm³/mol. The Morgan fingerprint density at radius 3 is 0.641 bits per heavy atom. The second-order valence-corrected chi connectivity index (χ2v) is 46.6. The van der Waals surface area contributed by atoms with Crippen LogP contribution in [0.15, 0.2) is 0 Å². The van der Waals surface area contributed by atoms with E-state index in [9.17, 15) is 0 Å². The largest absolute Gasteiger partial charge is 0.495 e. The Kier molecular flexibility index (Phi) is 17.5. The Morgan fingerprint density at radius 2 is 0.500 bits per heavy atom. The average Bonchev–Trinajstić information content (AvgIpc) is 3.41. The topological polar surface area (TPSA) is 73.8 Å². The molecule has 0 aromatic heterocycles. The van der Waals surface area contributed by atoms with Crippen LogP contribution in [0.5, 0.6) is 0 Å². The van der Waals surface area contributed by atoms with Crippen molar-refractivity contribution in [2.75, 3.05) is 26.4 Å². The van der Waals surface area contributed by atoms with E-state index in [1.54, 1.807) is 0 Å². The molecule has 14 heteroatoms. The zero-order chi connectivity index (χ0) is 49.9. The molecule has 3 rings (SSSR count). The van der Waals surface area contributed by atoms with Crippen molar-refractivity contribution in [3.8, 4) is 0 Å². The molecular formula is C50H100B2O8Si4. The normalized spacial score (nSPS) is 19.9. The first-order valence-electron chi connectivity index (χ1n) is 24.7. The smallest absolute Gasteiger partial charge is 0.416 e. The van der Waals surface area contributed by atoms with Crippen molar-refractivity contribution in [3.05, 3.63) is 22.3 Å². The van der Waals surface area contributed by atoms with Crippen LogP contribution in [0.2, 0.25) is 72.5 Å². The van der Waals surface area contributed by atoms with Gasteiger partial charge in [-0.3, -0.25) is 0 Å². The van der Waals surface area contributed by atoms with Crippen molar-refractivity contribution in [1.29, 1.82) is 0 Å². The standard InChI is InChI=1S/C50H100B2O8Si4/c1-43(2,3)61(21,22)53-33-29-37-38(30-34-54-62(23,24)44(4,5)6)42(52-59-49(17,18)50(19,20)60-52)40(32-36-56-64(27,28)46(10,11)12)39(31-35-55-63(25,26)45(7,8)9)41(37)51-57-47(13,14)48(15,16)58-51/h29-36H2,1-28H3. The van der Waals surface area contributed by atoms with Crippen LogP contribution in [0.3, 0.4) is 0 Å². The molecule has 2 heterocycles. The molecule has 2 aliphatic heterocycles. The molecule has 1 aromatic rings. The average molecular weight is 963 g/mol. The maximum Gasteiger partial charge on any atom is 0.495 e. The summed E-state index contributed by atoms with van der Waals surface area (Å²) in [6.45, 7) is 66.2. The summed E-state index contributed by atoms with van der Waals surface area (Å²) in [5.41, 5.74) is 4.84. The molecule has 0 saturated carbocycles. The van der Waals surface area contributed by atoms with Gasteiger partial charge in [-0.15, -0.1) is 0 Å². The monoisotopic (exact) mass is 963 g/mol. The molecule has 370 valence electrons. The first kappa shape index (κ1) is 58.2. The number of hydrogen-bond acceptors (Lipinski definition) is 8. The summed E-state index contributed by atoms with van der Waals surface area (Å²) < 4.78 is 57.1. The Balaban J connectivity index is 2.59. The highest BCUT2D eigenvalue weighted by atomic mass is 28.4. The number of hydrogen-bond donors (Lipinski definition) is 0. The molecule has 64 heavy (non-hydrogen) atoms. The molecule has 0 spiro atoms. The molecule has 0 unspecified atom stereocenters. The fourth-order valence-corrected chi connectivity index (χ4v) is 11.3. The van der Waals surface area contributed by atoms with E-state index in [4.69, 9.17) is 36.3 Å². The van der Waals surface area contributed by atoms with E-state index < -0.39 is 69.9 Å². The van der Waals surface area contributed by atoms with Gasteiger partial charge in [0.1, 0.15) is 0 Å². The van der Waals surface area contributed by atoms with Gasteiger partial charge in [0.15, 0.2) is 33.3 Å². The van der Waals surface area contributed by atoms with Crippen LogP contribution in [0.4, 0.5) is 0 Å². The number of rotatable bonds is 18. The Morgan fingerprint density at radius 1 is 0.344 bits per heavy atom. The highest BCUT2D eigenvalue weighted by Crippen LogP contribution is 2.43. The van der Waals surface area contributed by atoms with E-state index in [0.29, 0.717) is 52.1 Å². The second-order valence-electron chi connectivity index (χ2n) is 27.4. The van der Waals surface area contributed by atoms with Gasteiger partial charge >= 0.3 is 14.2 Å². The van der Waals surface area contributed by atoms with Crippen molar-refractivity contribution in [1.82, 2.24) is 0 Å². The second kappa shape index (κ2) is 19.2. The van der Waals surface area contributed by atoms with E-state index in [1.807, 2.05) is 0 Å². The summed E-state index contributed by atoms with van der Waals surface area (Å²) in [5, 5.41) is 0.260. The van der Waals surface area contributed by atoms with Gasteiger partial charge in [0.05, 0.1) is 22.4 Å². The molecule has 0 N–H and O–H groups in total. The molecule has 8 nitrogen and oxygen atoms in total. The summed E-state index contributed by atoms with van der Waals surface area (Å²) in [6, 6.07) is 0. The van der Waals surface area contributed by atoms with Gasteiger partial charge in [-0.2, -0.15) is 0 Å². The highest BCUT2D eigenvalue weighted by Gasteiger charge is 2.56. The molecule has 2 saturated heterocycles. The number of benzene rings is 1. The lowest BCUT2D eigenvalue weighted by molar-refractivity contribution is 0.00578. The van der Waals surface area contributed by atoms with Crippen LogP contribution >= 0.6 is 0 Å². The molecule has 0 radical (unpaired) electrons. The summed E-state index contributed by atoms with van der Waals surface area (Å²) in [7, 11) is -9.67. The quantitative estimate of drug-likeness (QED) is 0.135. The Bertz CT molecular complexity index is 1510. The van der Waals surface area contributed by atoms with E-state index >= 15 is 0 Å². The maximum atomic E-state index is 7.19. The Hall–Kier alpha value is -0.103. The molecule has 2 aliphatic rings. The zero-order valence-electron chi connectivity index (χ0n) is 47.1. The lowest BCUT2D eigenvalue weighted by atomic mass is 9.61. The minimum atomic E-state index is -2.11. The fraction of sp³-hybridized carbons (Fsp3) is 0.880. The van der Waals surface area contributed by atoms with Gasteiger partial charge in [-0.1, -0.05) is 83.1 Å². The van der Waals surface area contributed by atoms with E-state index in [0.717, 1.165) is 10.9 Å². The Labute approximate surface area is 400 Å². The first-order valence-corrected chi connectivity index (χ1v) is 36.4. The van der Waals surface area contributed by atoms with Gasteiger partial charge < -0.3 is 36.3 Å². The van der Waals surface area contributed by atoms with Crippen molar-refractivity contribution < 1.29 is 36.3 Å². The molecule has 1 aromatic carbocycles. The molecule has 0 bridgehead atoms. The lowest BCUT2D eigenvalue weighted by Crippen LogP contribution is -2.50. The summed E-state index contributed by atoms with van der Waals surface area (Å²) in [6.07, 6.45) is 2.74. The van der Waals surface area contributed by atoms with Gasteiger partial charge in [0.2, 0.25) is 0 Å². The molecule has 0 aliphatic carbocycles. The van der Waals surface area contributed by atoms with E-state index in [2.05, 4.69) is 191 Å². The van der Waals surface area contributed by atoms with Crippen LogP contribution in [-0.4, -0.2) is 96.3 Å². The molecular weight excluding hydrogens is 863 g/mol. The summed E-state index contributed by atoms with van der Waals surface area (Å²) in [4.78, 5) is 0. The van der Waals surface area contributed by atoms with E-state index in [-0.39, 0.29) is 20.2 Å². The molecule has 0 atom stereocenters. The SMILES string of the molecule is CC1(C)OB(c2c(CCO[Si](C)(C)C(C)(C)C)c(CCO[Si](C)(C)C(C)(C)C)c(B3OC(C)(C)C(C)(C)O3)c(CCO[Si](C)(C)C(C)(C)C)c2CCO[Si](C)(C)C(C)(C)C)OC1(C)C. The van der Waals surface area contributed by atoms with Crippen molar-refractivity contribution in [2.24, 2.45) is 0 Å². The van der Waals surface area contributed by atoms with Crippen LogP contribution in [0, 0.1) is 0 Å². The zero-order valence-corrected chi connectivity index (χ0v) is 51.1. The minimum Gasteiger partial charge on any atom is -0.416 e. The van der Waals surface area contributed by atoms with Crippen molar-refractivity contribution in [2.45, 2.75) is 259 Å². The van der Waals surface area contributed by atoms with Crippen LogP contribution < -0.4 is 10.9 Å². The fourth-order valence-electron chi connectivity index (χ4n) is 7.15. The third-order valence-corrected chi connectivity index (χ3v) is 35.6. The van der Waals surface area contributed by atoms with Gasteiger partial charge in [-0.25, -0.2) is 0 Å². The van der Waals surface area contributed by atoms with Gasteiger partial charge in [0.25, 0.3) is 0 Å². The van der Waals surface area contributed by atoms with Gasteiger partial charge in [0, 0.05) is 26.4 Å². The lowest BCUT2D eigenvalue weighted by Gasteiger charge is -2.38. The third kappa shape index (κ3) is 12.8. The van der Waals surface area contributed by atoms with Gasteiger partial charge in [-0.05, 0) is 187 Å². The van der Waals surface area contributed by atoms with Crippen molar-refractivity contribution >= 4 is 58.4 Å². The minimum absolute atomic E-state index is 0.0650. The summed E-state index contributed by atoms with van der Waals surface area (Å²) in [5.74, 6) is 0. The van der Waals surface area contributed by atoms with Crippen LogP contribution in [-0.2, 0) is 62.0 Å². The van der Waals surface area contributed by atoms with E-state index in [1.165, 1.54) is 22.3 Å². The van der Waals surface area contributed by atoms with Crippen molar-refractivity contribution in [3.63, 3.8) is 0 Å². The first-order chi connectivity index (χ1) is 28.3. The predicted octanol–water partition coefficient (Wildman–Crippen LogP) is 12.5. The highest BCUT2D eigenvalue weighted by molar-refractivity contribution is 6.75. The molecule has 0 amide bonds. The van der Waals surface area contributed by atoms with Crippen LogP contribution in [0.1, 0.15) is 161 Å². The third-order valence-electron chi connectivity index (χ3n) is 17.5. The maximum absolute atomic E-state index is 7.19.